The lowest BCUT2D eigenvalue weighted by molar-refractivity contribution is -0.385. The number of alkyl halides is 1. The minimum Gasteiger partial charge on any atom is -0.293 e. The Morgan fingerprint density at radius 3 is 2.60 bits per heavy atom. The summed E-state index contributed by atoms with van der Waals surface area (Å²) < 4.78 is 0.577. The van der Waals surface area contributed by atoms with Crippen LogP contribution in [0.4, 0.5) is 5.69 Å². The summed E-state index contributed by atoms with van der Waals surface area (Å²) in [6.07, 6.45) is 0. The summed E-state index contributed by atoms with van der Waals surface area (Å²) in [6, 6.07) is 4.38. The number of benzene rings is 1. The maximum absolute atomic E-state index is 11.6. The molecule has 0 aromatic heterocycles. The molecule has 1 aromatic rings. The van der Waals surface area contributed by atoms with Gasteiger partial charge in [-0.05, 0) is 19.1 Å². The highest BCUT2D eigenvalue weighted by molar-refractivity contribution is 9.10. The van der Waals surface area contributed by atoms with E-state index in [1.54, 1.807) is 13.0 Å². The lowest BCUT2D eigenvalue weighted by atomic mass is 10.1. The zero-order chi connectivity index (χ0) is 11.6. The summed E-state index contributed by atoms with van der Waals surface area (Å²) in [6.45, 7) is 1.63. The summed E-state index contributed by atoms with van der Waals surface area (Å²) >= 11 is 6.22. The molecule has 80 valence electrons. The maximum Gasteiger partial charge on any atom is 0.281 e. The number of carbonyl (C=O) groups excluding carboxylic acids is 1. The average molecular weight is 337 g/mol. The fourth-order valence-electron chi connectivity index (χ4n) is 1.08. The first-order valence-electron chi connectivity index (χ1n) is 4.05. The number of hydrogen-bond acceptors (Lipinski definition) is 3. The number of nitro benzene ring substituents is 1. The van der Waals surface area contributed by atoms with Gasteiger partial charge in [0.1, 0.15) is 0 Å². The van der Waals surface area contributed by atoms with Gasteiger partial charge in [-0.1, -0.05) is 31.9 Å². The van der Waals surface area contributed by atoms with Gasteiger partial charge in [-0.2, -0.15) is 0 Å². The summed E-state index contributed by atoms with van der Waals surface area (Å²) in [4.78, 5) is 21.3. The quantitative estimate of drug-likeness (QED) is 0.368. The van der Waals surface area contributed by atoms with Crippen LogP contribution < -0.4 is 0 Å². The molecule has 1 aromatic carbocycles. The number of carbonyl (C=O) groups is 1. The van der Waals surface area contributed by atoms with Crippen molar-refractivity contribution in [3.8, 4) is 0 Å². The predicted molar refractivity (Wildman–Crippen MR) is 63.5 cm³/mol. The number of Topliss-reactive ketones (excluding diaryl/α,β-unsaturated/α-hetero) is 1. The highest BCUT2D eigenvalue weighted by atomic mass is 79.9. The van der Waals surface area contributed by atoms with Gasteiger partial charge in [-0.25, -0.2) is 0 Å². The van der Waals surface area contributed by atoms with E-state index in [2.05, 4.69) is 31.9 Å². The smallest absolute Gasteiger partial charge is 0.281 e. The highest BCUT2D eigenvalue weighted by Crippen LogP contribution is 2.25. The Labute approximate surface area is 103 Å². The van der Waals surface area contributed by atoms with Crippen LogP contribution >= 0.6 is 31.9 Å². The molecule has 1 atom stereocenters. The lowest BCUT2D eigenvalue weighted by Crippen LogP contribution is -2.12. The molecule has 0 aliphatic carbocycles. The zero-order valence-electron chi connectivity index (χ0n) is 7.74. The van der Waals surface area contributed by atoms with Crippen molar-refractivity contribution in [1.29, 1.82) is 0 Å². The third kappa shape index (κ3) is 2.85. The molecule has 1 rings (SSSR count). The van der Waals surface area contributed by atoms with Crippen LogP contribution in [0.2, 0.25) is 0 Å². The first-order chi connectivity index (χ1) is 6.93. The number of nitrogens with zero attached hydrogens (tertiary/aromatic N) is 1. The Balaban J connectivity index is 3.29. The van der Waals surface area contributed by atoms with E-state index in [1.165, 1.54) is 12.1 Å². The van der Waals surface area contributed by atoms with Crippen LogP contribution in [0.15, 0.2) is 22.7 Å². The number of rotatable bonds is 3. The molecule has 0 bridgehead atoms. The largest absolute Gasteiger partial charge is 0.293 e. The fraction of sp³-hybridized carbons (Fsp3) is 0.222. The molecule has 0 radical (unpaired) electrons. The molecule has 0 aliphatic rings. The van der Waals surface area contributed by atoms with E-state index in [9.17, 15) is 14.9 Å². The van der Waals surface area contributed by atoms with Gasteiger partial charge in [0.2, 0.25) is 0 Å². The second-order valence-corrected chi connectivity index (χ2v) is 5.19. The Morgan fingerprint density at radius 2 is 2.13 bits per heavy atom. The van der Waals surface area contributed by atoms with Crippen LogP contribution in [-0.2, 0) is 0 Å². The fourth-order valence-corrected chi connectivity index (χ4v) is 1.67. The molecule has 0 saturated heterocycles. The third-order valence-corrected chi connectivity index (χ3v) is 2.69. The van der Waals surface area contributed by atoms with Gasteiger partial charge < -0.3 is 0 Å². The van der Waals surface area contributed by atoms with Crippen molar-refractivity contribution in [3.63, 3.8) is 0 Å². The lowest BCUT2D eigenvalue weighted by Gasteiger charge is -2.04. The molecule has 0 aliphatic heterocycles. The first kappa shape index (κ1) is 12.3. The van der Waals surface area contributed by atoms with Gasteiger partial charge in [0.05, 0.1) is 15.3 Å². The summed E-state index contributed by atoms with van der Waals surface area (Å²) in [5, 5.41) is 10.7. The molecule has 4 nitrogen and oxygen atoms in total. The van der Waals surface area contributed by atoms with Crippen molar-refractivity contribution in [2.24, 2.45) is 0 Å². The molecule has 6 heteroatoms. The second kappa shape index (κ2) is 4.85. The van der Waals surface area contributed by atoms with Gasteiger partial charge in [-0.15, -0.1) is 0 Å². The molecule has 1 unspecified atom stereocenters. The SMILES string of the molecule is CC(Br)C(=O)c1ccc(Br)cc1[N+](=O)[O-]. The van der Waals surface area contributed by atoms with E-state index < -0.39 is 9.75 Å². The van der Waals surface area contributed by atoms with Crippen molar-refractivity contribution in [2.45, 2.75) is 11.8 Å². The summed E-state index contributed by atoms with van der Waals surface area (Å²) in [5.41, 5.74) is -0.0618. The van der Waals surface area contributed by atoms with Crippen molar-refractivity contribution in [2.75, 3.05) is 0 Å². The zero-order valence-corrected chi connectivity index (χ0v) is 10.9. The summed E-state index contributed by atoms with van der Waals surface area (Å²) in [7, 11) is 0. The second-order valence-electron chi connectivity index (χ2n) is 2.90. The topological polar surface area (TPSA) is 60.2 Å². The van der Waals surface area contributed by atoms with Crippen LogP contribution in [-0.4, -0.2) is 15.5 Å². The van der Waals surface area contributed by atoms with E-state index in [4.69, 9.17) is 0 Å². The third-order valence-electron chi connectivity index (χ3n) is 1.78. The molecular weight excluding hydrogens is 330 g/mol. The van der Waals surface area contributed by atoms with Crippen molar-refractivity contribution in [1.82, 2.24) is 0 Å². The minimum atomic E-state index is -0.562. The average Bonchev–Trinajstić information content (AvgIpc) is 2.16. The van der Waals surface area contributed by atoms with Gasteiger partial charge >= 0.3 is 0 Å². The Bertz CT molecular complexity index is 418. The first-order valence-corrected chi connectivity index (χ1v) is 5.76. The van der Waals surface area contributed by atoms with Crippen LogP contribution in [0.25, 0.3) is 0 Å². The van der Waals surface area contributed by atoms with Crippen LogP contribution in [0, 0.1) is 10.1 Å². The molecule has 0 fully saturated rings. The minimum absolute atomic E-state index is 0.118. The van der Waals surface area contributed by atoms with Gasteiger partial charge in [-0.3, -0.25) is 14.9 Å². The highest BCUT2D eigenvalue weighted by Gasteiger charge is 2.22. The normalized spacial score (nSPS) is 12.2. The maximum atomic E-state index is 11.6. The van der Waals surface area contributed by atoms with Crippen molar-refractivity contribution in [3.05, 3.63) is 38.3 Å². The molecule has 0 spiro atoms. The monoisotopic (exact) mass is 335 g/mol. The Kier molecular flexibility index (Phi) is 3.98. The van der Waals surface area contributed by atoms with Gasteiger partial charge in [0.15, 0.2) is 5.78 Å². The predicted octanol–water partition coefficient (Wildman–Crippen LogP) is 3.32. The van der Waals surface area contributed by atoms with E-state index >= 15 is 0 Å². The van der Waals surface area contributed by atoms with Crippen molar-refractivity contribution >= 4 is 43.3 Å². The van der Waals surface area contributed by atoms with Crippen molar-refractivity contribution < 1.29 is 9.72 Å². The van der Waals surface area contributed by atoms with E-state index in [0.717, 1.165) is 0 Å². The molecule has 0 N–H and O–H groups in total. The van der Waals surface area contributed by atoms with Crippen LogP contribution in [0.5, 0.6) is 0 Å². The standard InChI is InChI=1S/C9H7Br2NO3/c1-5(10)9(13)7-3-2-6(11)4-8(7)12(14)15/h2-5H,1H3. The van der Waals surface area contributed by atoms with E-state index in [-0.39, 0.29) is 17.0 Å². The molecular formula is C9H7Br2NO3. The van der Waals surface area contributed by atoms with Gasteiger partial charge in [0.25, 0.3) is 5.69 Å². The Morgan fingerprint density at radius 1 is 1.53 bits per heavy atom. The van der Waals surface area contributed by atoms with E-state index in [0.29, 0.717) is 4.47 Å². The van der Waals surface area contributed by atoms with Crippen LogP contribution in [0.3, 0.4) is 0 Å². The number of hydrogen-bond donors (Lipinski definition) is 0. The Hall–Kier alpha value is -0.750. The molecule has 0 saturated carbocycles. The van der Waals surface area contributed by atoms with E-state index in [1.807, 2.05) is 0 Å². The molecule has 0 amide bonds. The number of halogens is 2. The summed E-state index contributed by atoms with van der Waals surface area (Å²) in [5.74, 6) is -0.297. The van der Waals surface area contributed by atoms with Crippen LogP contribution in [0.1, 0.15) is 17.3 Å². The number of nitro groups is 1. The molecule has 15 heavy (non-hydrogen) atoms. The van der Waals surface area contributed by atoms with Gasteiger partial charge in [0, 0.05) is 10.5 Å². The molecule has 0 heterocycles. The number of ketones is 1.